The minimum absolute atomic E-state index is 0.0359. The van der Waals surface area contributed by atoms with Crippen LogP contribution < -0.4 is 10.6 Å². The number of carbonyl (C=O) groups excluding carboxylic acids is 2. The number of carbonyl (C=O) groups is 2. The van der Waals surface area contributed by atoms with Gasteiger partial charge < -0.3 is 15.5 Å². The molecule has 1 unspecified atom stereocenters. The minimum Gasteiger partial charge on any atom is -0.354 e. The van der Waals surface area contributed by atoms with Crippen molar-refractivity contribution in [3.8, 4) is 0 Å². The summed E-state index contributed by atoms with van der Waals surface area (Å²) in [5.74, 6) is 1.36. The molecule has 158 valence electrons. The topological polar surface area (TPSA) is 87.2 Å². The first-order valence-corrected chi connectivity index (χ1v) is 11.2. The lowest BCUT2D eigenvalue weighted by Crippen LogP contribution is -2.40. The number of nitrogens with one attached hydrogen (secondary N) is 2. The highest BCUT2D eigenvalue weighted by Gasteiger charge is 2.36. The molecule has 2 amide bonds. The number of rotatable bonds is 5. The van der Waals surface area contributed by atoms with E-state index in [1.165, 1.54) is 0 Å². The molecule has 0 bridgehead atoms. The number of likely N-dealkylation sites (tertiary alicyclic amines) is 1. The average Bonchev–Trinajstić information content (AvgIpc) is 3.55. The van der Waals surface area contributed by atoms with Crippen LogP contribution in [0.15, 0.2) is 6.20 Å². The third-order valence-electron chi connectivity index (χ3n) is 6.29. The zero-order valence-corrected chi connectivity index (χ0v) is 17.7. The van der Waals surface area contributed by atoms with Crippen LogP contribution in [0, 0.1) is 5.92 Å². The summed E-state index contributed by atoms with van der Waals surface area (Å²) < 4.78 is 0. The van der Waals surface area contributed by atoms with Crippen LogP contribution in [0.5, 0.6) is 0 Å². The van der Waals surface area contributed by atoms with Gasteiger partial charge in [0.15, 0.2) is 0 Å². The third-order valence-corrected chi connectivity index (χ3v) is 6.58. The van der Waals surface area contributed by atoms with Crippen LogP contribution in [0.3, 0.4) is 0 Å². The van der Waals surface area contributed by atoms with Crippen LogP contribution in [0.4, 0.5) is 5.95 Å². The van der Waals surface area contributed by atoms with Crippen molar-refractivity contribution < 1.29 is 9.59 Å². The molecule has 2 N–H and O–H groups in total. The van der Waals surface area contributed by atoms with Gasteiger partial charge in [-0.3, -0.25) is 9.59 Å². The van der Waals surface area contributed by atoms with Crippen molar-refractivity contribution in [2.24, 2.45) is 5.92 Å². The molecule has 0 aromatic carbocycles. The molecule has 7 nitrogen and oxygen atoms in total. The van der Waals surface area contributed by atoms with Gasteiger partial charge in [0.1, 0.15) is 0 Å². The molecule has 0 spiro atoms. The average molecular weight is 420 g/mol. The lowest BCUT2D eigenvalue weighted by Gasteiger charge is -2.33. The fraction of sp³-hybridized carbons (Fsp3) is 0.714. The van der Waals surface area contributed by atoms with E-state index in [1.807, 2.05) is 4.90 Å². The molecular weight excluding hydrogens is 390 g/mol. The van der Waals surface area contributed by atoms with Crippen LogP contribution in [-0.2, 0) is 9.59 Å². The van der Waals surface area contributed by atoms with Crippen molar-refractivity contribution in [3.05, 3.63) is 16.9 Å². The van der Waals surface area contributed by atoms with Crippen molar-refractivity contribution in [3.63, 3.8) is 0 Å². The highest BCUT2D eigenvalue weighted by Crippen LogP contribution is 2.35. The Labute approximate surface area is 177 Å². The Morgan fingerprint density at radius 1 is 1.10 bits per heavy atom. The summed E-state index contributed by atoms with van der Waals surface area (Å²) in [5.41, 5.74) is 0.851. The SMILES string of the molecule is CC(=O)NC1CCC(Nc2ncc(Cl)c(C3CCCN(C(=O)C4CC4)C3)n2)CC1. The van der Waals surface area contributed by atoms with Gasteiger partial charge in [-0.05, 0) is 51.4 Å². The van der Waals surface area contributed by atoms with Crippen LogP contribution in [0.1, 0.15) is 69.9 Å². The van der Waals surface area contributed by atoms with E-state index in [0.717, 1.165) is 63.6 Å². The highest BCUT2D eigenvalue weighted by atomic mass is 35.5. The largest absolute Gasteiger partial charge is 0.354 e. The van der Waals surface area contributed by atoms with Crippen molar-refractivity contribution in [1.82, 2.24) is 20.2 Å². The van der Waals surface area contributed by atoms with Gasteiger partial charge in [0.2, 0.25) is 17.8 Å². The smallest absolute Gasteiger partial charge is 0.225 e. The van der Waals surface area contributed by atoms with Crippen LogP contribution in [-0.4, -0.2) is 51.9 Å². The molecule has 1 aromatic heterocycles. The summed E-state index contributed by atoms with van der Waals surface area (Å²) in [4.78, 5) is 34.8. The predicted molar refractivity (Wildman–Crippen MR) is 112 cm³/mol. The number of piperidine rings is 1. The molecular formula is C21H30ClN5O2. The predicted octanol–water partition coefficient (Wildman–Crippen LogP) is 3.11. The summed E-state index contributed by atoms with van der Waals surface area (Å²) in [5, 5.41) is 7.03. The monoisotopic (exact) mass is 419 g/mol. The molecule has 3 fully saturated rings. The molecule has 29 heavy (non-hydrogen) atoms. The fourth-order valence-corrected chi connectivity index (χ4v) is 4.82. The number of aromatic nitrogens is 2. The van der Waals surface area contributed by atoms with Gasteiger partial charge in [0.05, 0.1) is 16.9 Å². The Kier molecular flexibility index (Phi) is 6.23. The first-order chi connectivity index (χ1) is 14.0. The Balaban J connectivity index is 1.37. The number of anilines is 1. The number of halogens is 1. The molecule has 3 aliphatic rings. The summed E-state index contributed by atoms with van der Waals surface area (Å²) >= 11 is 6.45. The van der Waals surface area contributed by atoms with E-state index in [4.69, 9.17) is 16.6 Å². The van der Waals surface area contributed by atoms with Crippen molar-refractivity contribution in [1.29, 1.82) is 0 Å². The second-order valence-corrected chi connectivity index (χ2v) is 9.13. The number of amides is 2. The van der Waals surface area contributed by atoms with Gasteiger partial charge in [0.25, 0.3) is 0 Å². The molecule has 1 aliphatic heterocycles. The maximum atomic E-state index is 12.5. The van der Waals surface area contributed by atoms with Crippen LogP contribution in [0.2, 0.25) is 5.02 Å². The van der Waals surface area contributed by atoms with Gasteiger partial charge in [-0.1, -0.05) is 11.6 Å². The Hall–Kier alpha value is -1.89. The summed E-state index contributed by atoms with van der Waals surface area (Å²) in [6.45, 7) is 3.11. The molecule has 8 heteroatoms. The van der Waals surface area contributed by atoms with Gasteiger partial charge in [-0.2, -0.15) is 0 Å². The normalized spacial score (nSPS) is 27.4. The van der Waals surface area contributed by atoms with Crippen LogP contribution >= 0.6 is 11.6 Å². The zero-order valence-electron chi connectivity index (χ0n) is 17.0. The van der Waals surface area contributed by atoms with Crippen molar-refractivity contribution >= 4 is 29.4 Å². The van der Waals surface area contributed by atoms with E-state index in [1.54, 1.807) is 13.1 Å². The van der Waals surface area contributed by atoms with E-state index in [2.05, 4.69) is 15.6 Å². The maximum Gasteiger partial charge on any atom is 0.225 e. The van der Waals surface area contributed by atoms with E-state index < -0.39 is 0 Å². The van der Waals surface area contributed by atoms with E-state index in [9.17, 15) is 9.59 Å². The standard InChI is InChI=1S/C21H30ClN5O2/c1-13(28)24-16-6-8-17(9-7-16)25-21-23-11-18(22)19(26-21)15-3-2-10-27(12-15)20(29)14-4-5-14/h11,14-17H,2-10,12H2,1H3,(H,24,28)(H,23,25,26). The van der Waals surface area contributed by atoms with Gasteiger partial charge in [-0.25, -0.2) is 9.97 Å². The first-order valence-electron chi connectivity index (χ1n) is 10.8. The number of nitrogens with zero attached hydrogens (tertiary/aromatic N) is 3. The molecule has 2 heterocycles. The summed E-state index contributed by atoms with van der Waals surface area (Å²) in [6.07, 6.45) is 9.58. The van der Waals surface area contributed by atoms with E-state index in [-0.39, 0.29) is 23.8 Å². The lowest BCUT2D eigenvalue weighted by molar-refractivity contribution is -0.133. The van der Waals surface area contributed by atoms with Gasteiger partial charge >= 0.3 is 0 Å². The molecule has 2 saturated carbocycles. The molecule has 4 rings (SSSR count). The second kappa shape index (κ2) is 8.86. The van der Waals surface area contributed by atoms with Gasteiger partial charge in [0, 0.05) is 43.9 Å². The molecule has 2 aliphatic carbocycles. The van der Waals surface area contributed by atoms with Gasteiger partial charge in [-0.15, -0.1) is 0 Å². The Morgan fingerprint density at radius 2 is 1.83 bits per heavy atom. The van der Waals surface area contributed by atoms with E-state index in [0.29, 0.717) is 29.5 Å². The number of hydrogen-bond acceptors (Lipinski definition) is 5. The minimum atomic E-state index is 0.0359. The zero-order chi connectivity index (χ0) is 20.4. The summed E-state index contributed by atoms with van der Waals surface area (Å²) in [7, 11) is 0. The maximum absolute atomic E-state index is 12.5. The fourth-order valence-electron chi connectivity index (χ4n) is 4.58. The van der Waals surface area contributed by atoms with E-state index >= 15 is 0 Å². The highest BCUT2D eigenvalue weighted by molar-refractivity contribution is 6.31. The second-order valence-electron chi connectivity index (χ2n) is 8.72. The molecule has 1 atom stereocenters. The Bertz CT molecular complexity index is 761. The summed E-state index contributed by atoms with van der Waals surface area (Å²) in [6, 6.07) is 0.567. The lowest BCUT2D eigenvalue weighted by atomic mass is 9.91. The first kappa shape index (κ1) is 20.4. The van der Waals surface area contributed by atoms with Crippen molar-refractivity contribution in [2.75, 3.05) is 18.4 Å². The molecule has 1 aromatic rings. The third kappa shape index (κ3) is 5.18. The van der Waals surface area contributed by atoms with Crippen molar-refractivity contribution in [2.45, 2.75) is 76.3 Å². The molecule has 1 saturated heterocycles. The number of hydrogen-bond donors (Lipinski definition) is 2. The quantitative estimate of drug-likeness (QED) is 0.765. The Morgan fingerprint density at radius 3 is 2.52 bits per heavy atom. The van der Waals surface area contributed by atoms with Crippen LogP contribution in [0.25, 0.3) is 0 Å². The molecule has 0 radical (unpaired) electrons.